The molecule has 3 nitrogen and oxygen atoms in total. The normalized spacial score (nSPS) is 20.4. The summed E-state index contributed by atoms with van der Waals surface area (Å²) >= 11 is 0. The Kier molecular flexibility index (Phi) is 4.05. The molecule has 4 N–H and O–H groups in total. The molecule has 0 amide bonds. The van der Waals surface area contributed by atoms with E-state index in [2.05, 4.69) is 36.5 Å². The lowest BCUT2D eigenvalue weighted by Gasteiger charge is -2.33. The van der Waals surface area contributed by atoms with Gasteiger partial charge < -0.3 is 16.2 Å². The van der Waals surface area contributed by atoms with Crippen molar-refractivity contribution < 1.29 is 5.11 Å². The molecule has 3 heteroatoms. The molecule has 0 spiro atoms. The Morgan fingerprint density at radius 2 is 1.83 bits per heavy atom. The number of aliphatic hydroxyl groups is 1. The molecule has 2 atom stereocenters. The molecule has 1 aliphatic carbocycles. The molecule has 18 heavy (non-hydrogen) atoms. The summed E-state index contributed by atoms with van der Waals surface area (Å²) in [6.45, 7) is 4.58. The zero-order chi connectivity index (χ0) is 13.2. The predicted octanol–water partition coefficient (Wildman–Crippen LogP) is 1.23. The quantitative estimate of drug-likeness (QED) is 0.734. The highest BCUT2D eigenvalue weighted by atomic mass is 16.3. The number of hydrogen-bond donors (Lipinski definition) is 3. The lowest BCUT2D eigenvalue weighted by Crippen LogP contribution is -2.55. The van der Waals surface area contributed by atoms with E-state index in [-0.39, 0.29) is 17.7 Å². The highest BCUT2D eigenvalue weighted by Gasteiger charge is 2.36. The average Bonchev–Trinajstić information content (AvgIpc) is 2.66. The van der Waals surface area contributed by atoms with Crippen LogP contribution in [0.15, 0.2) is 24.3 Å². The molecular weight excluding hydrogens is 224 g/mol. The lowest BCUT2D eigenvalue weighted by atomic mass is 9.94. The van der Waals surface area contributed by atoms with Crippen LogP contribution in [0.5, 0.6) is 0 Å². The molecule has 2 rings (SSSR count). The van der Waals surface area contributed by atoms with Crippen molar-refractivity contribution in [3.63, 3.8) is 0 Å². The molecule has 0 aliphatic heterocycles. The van der Waals surface area contributed by atoms with Crippen LogP contribution < -0.4 is 11.1 Å². The van der Waals surface area contributed by atoms with Gasteiger partial charge in [-0.25, -0.2) is 0 Å². The van der Waals surface area contributed by atoms with Gasteiger partial charge in [0.25, 0.3) is 0 Å². The minimum atomic E-state index is -0.272. The largest absolute Gasteiger partial charge is 0.393 e. The molecule has 100 valence electrons. The fraction of sp³-hybridized carbons (Fsp3) is 0.600. The average molecular weight is 248 g/mol. The molecule has 0 heterocycles. The maximum absolute atomic E-state index is 9.46. The number of aliphatic hydroxyl groups excluding tert-OH is 1. The van der Waals surface area contributed by atoms with Crippen LogP contribution in [0.2, 0.25) is 0 Å². The first-order valence-electron chi connectivity index (χ1n) is 6.77. The number of nitrogens with one attached hydrogen (secondary N) is 1. The maximum atomic E-state index is 9.46. The molecule has 1 aromatic carbocycles. The molecule has 0 saturated carbocycles. The Morgan fingerprint density at radius 1 is 1.28 bits per heavy atom. The van der Waals surface area contributed by atoms with Gasteiger partial charge in [-0.3, -0.25) is 0 Å². The van der Waals surface area contributed by atoms with Crippen molar-refractivity contribution in [2.75, 3.05) is 6.54 Å². The number of rotatable bonds is 5. The third kappa shape index (κ3) is 2.91. The SMILES string of the molecule is CC(O)CC(C)NC1(CN)Cc2ccccc2C1. The number of hydrogen-bond acceptors (Lipinski definition) is 3. The van der Waals surface area contributed by atoms with Gasteiger partial charge in [0.05, 0.1) is 6.10 Å². The summed E-state index contributed by atoms with van der Waals surface area (Å²) in [5.41, 5.74) is 8.78. The summed E-state index contributed by atoms with van der Waals surface area (Å²) in [4.78, 5) is 0. The second kappa shape index (κ2) is 5.39. The highest BCUT2D eigenvalue weighted by Crippen LogP contribution is 2.30. The Bertz CT molecular complexity index is 378. The van der Waals surface area contributed by atoms with Crippen LogP contribution in [0.3, 0.4) is 0 Å². The monoisotopic (exact) mass is 248 g/mol. The molecule has 1 aliphatic rings. The van der Waals surface area contributed by atoms with Crippen molar-refractivity contribution in [3.05, 3.63) is 35.4 Å². The third-order valence-corrected chi connectivity index (χ3v) is 3.81. The minimum absolute atomic E-state index is 0.0298. The van der Waals surface area contributed by atoms with Gasteiger partial charge in [0, 0.05) is 18.1 Å². The van der Waals surface area contributed by atoms with Crippen LogP contribution in [0, 0.1) is 0 Å². The molecule has 1 aromatic rings. The van der Waals surface area contributed by atoms with Gasteiger partial charge in [0.2, 0.25) is 0 Å². The van der Waals surface area contributed by atoms with E-state index in [1.54, 1.807) is 0 Å². The standard InChI is InChI=1S/C15H24N2O/c1-11(7-12(2)18)17-15(10-16)8-13-5-3-4-6-14(13)9-15/h3-6,11-12,17-18H,7-10,16H2,1-2H3. The van der Waals surface area contributed by atoms with Gasteiger partial charge in [-0.15, -0.1) is 0 Å². The van der Waals surface area contributed by atoms with Gasteiger partial charge in [-0.2, -0.15) is 0 Å². The van der Waals surface area contributed by atoms with Crippen LogP contribution in [0.1, 0.15) is 31.4 Å². The smallest absolute Gasteiger partial charge is 0.0526 e. The Balaban J connectivity index is 2.06. The van der Waals surface area contributed by atoms with Gasteiger partial charge in [-0.05, 0) is 44.2 Å². The first-order valence-corrected chi connectivity index (χ1v) is 6.77. The zero-order valence-electron chi connectivity index (χ0n) is 11.3. The molecule has 0 aromatic heterocycles. The molecule has 0 fully saturated rings. The number of nitrogens with two attached hydrogens (primary N) is 1. The van der Waals surface area contributed by atoms with E-state index in [4.69, 9.17) is 5.73 Å². The summed E-state index contributed by atoms with van der Waals surface area (Å²) in [6.07, 6.45) is 2.47. The van der Waals surface area contributed by atoms with Gasteiger partial charge >= 0.3 is 0 Å². The van der Waals surface area contributed by atoms with Gasteiger partial charge in [0.15, 0.2) is 0 Å². The van der Waals surface area contributed by atoms with Crippen LogP contribution in [-0.2, 0) is 12.8 Å². The highest BCUT2D eigenvalue weighted by molar-refractivity contribution is 5.36. The lowest BCUT2D eigenvalue weighted by molar-refractivity contribution is 0.160. The summed E-state index contributed by atoms with van der Waals surface area (Å²) in [7, 11) is 0. The maximum Gasteiger partial charge on any atom is 0.0526 e. The molecule has 2 unspecified atom stereocenters. The third-order valence-electron chi connectivity index (χ3n) is 3.81. The van der Waals surface area contributed by atoms with Crippen molar-refractivity contribution in [1.82, 2.24) is 5.32 Å². The second-order valence-electron chi connectivity index (χ2n) is 5.74. The van der Waals surface area contributed by atoms with Crippen molar-refractivity contribution in [1.29, 1.82) is 0 Å². The summed E-state index contributed by atoms with van der Waals surface area (Å²) in [5.74, 6) is 0. The van der Waals surface area contributed by atoms with Crippen molar-refractivity contribution in [2.24, 2.45) is 5.73 Å². The summed E-state index contributed by atoms with van der Waals surface area (Å²) < 4.78 is 0. The van der Waals surface area contributed by atoms with Crippen molar-refractivity contribution in [3.8, 4) is 0 Å². The topological polar surface area (TPSA) is 58.3 Å². The van der Waals surface area contributed by atoms with Crippen LogP contribution >= 0.6 is 0 Å². The molecule has 0 saturated heterocycles. The van der Waals surface area contributed by atoms with E-state index in [9.17, 15) is 5.11 Å². The molecule has 0 radical (unpaired) electrons. The first-order chi connectivity index (χ1) is 8.54. The number of benzene rings is 1. The summed E-state index contributed by atoms with van der Waals surface area (Å²) in [5, 5.41) is 13.1. The van der Waals surface area contributed by atoms with Crippen molar-refractivity contribution >= 4 is 0 Å². The predicted molar refractivity (Wildman–Crippen MR) is 74.5 cm³/mol. The zero-order valence-corrected chi connectivity index (χ0v) is 11.3. The Labute approximate surface area is 109 Å². The van der Waals surface area contributed by atoms with E-state index in [0.717, 1.165) is 19.3 Å². The van der Waals surface area contributed by atoms with Crippen LogP contribution in [0.4, 0.5) is 0 Å². The van der Waals surface area contributed by atoms with E-state index >= 15 is 0 Å². The van der Waals surface area contributed by atoms with Gasteiger partial charge in [-0.1, -0.05) is 24.3 Å². The molecular formula is C15H24N2O. The molecule has 0 bridgehead atoms. The fourth-order valence-corrected chi connectivity index (χ4v) is 3.09. The minimum Gasteiger partial charge on any atom is -0.393 e. The van der Waals surface area contributed by atoms with Crippen molar-refractivity contribution in [2.45, 2.75) is 50.8 Å². The van der Waals surface area contributed by atoms with E-state index in [0.29, 0.717) is 6.54 Å². The second-order valence-corrected chi connectivity index (χ2v) is 5.74. The Hall–Kier alpha value is -0.900. The van der Waals surface area contributed by atoms with E-state index in [1.807, 2.05) is 6.92 Å². The van der Waals surface area contributed by atoms with Gasteiger partial charge in [0.1, 0.15) is 0 Å². The van der Waals surface area contributed by atoms with E-state index < -0.39 is 0 Å². The van der Waals surface area contributed by atoms with Crippen LogP contribution in [0.25, 0.3) is 0 Å². The number of fused-ring (bicyclic) bond motifs is 1. The Morgan fingerprint density at radius 3 is 2.28 bits per heavy atom. The first kappa shape index (κ1) is 13.5. The summed E-state index contributed by atoms with van der Waals surface area (Å²) in [6, 6.07) is 8.83. The van der Waals surface area contributed by atoms with Crippen LogP contribution in [-0.4, -0.2) is 29.3 Å². The van der Waals surface area contributed by atoms with E-state index in [1.165, 1.54) is 11.1 Å². The fourth-order valence-electron chi connectivity index (χ4n) is 3.09.